The van der Waals surface area contributed by atoms with Crippen LogP contribution in [0, 0.1) is 17.2 Å². The smallest absolute Gasteiger partial charge is 0.416 e. The second kappa shape index (κ2) is 14.2. The highest BCUT2D eigenvalue weighted by Crippen LogP contribution is 2.50. The van der Waals surface area contributed by atoms with E-state index in [1.54, 1.807) is 67.8 Å². The van der Waals surface area contributed by atoms with Crippen molar-refractivity contribution < 1.29 is 28.4 Å². The number of benzene rings is 2. The van der Waals surface area contributed by atoms with Gasteiger partial charge in [0.1, 0.15) is 34.2 Å². The van der Waals surface area contributed by atoms with E-state index in [0.717, 1.165) is 22.4 Å². The van der Waals surface area contributed by atoms with Crippen LogP contribution in [0.4, 0.5) is 22.1 Å². The number of carbonyl (C=O) groups is 2. The number of nitrogens with zero attached hydrogens (tertiary/aromatic N) is 7. The van der Waals surface area contributed by atoms with Crippen molar-refractivity contribution in [3.8, 4) is 17.7 Å². The molecule has 272 valence electrons. The molecule has 0 aliphatic carbocycles. The molecule has 4 heterocycles. The molecule has 2 aromatic carbocycles. The third-order valence-corrected chi connectivity index (χ3v) is 9.06. The van der Waals surface area contributed by atoms with Crippen LogP contribution in [-0.2, 0) is 16.1 Å². The normalized spacial score (nSPS) is 15.3. The Bertz CT molecular complexity index is 2280. The topological polar surface area (TPSA) is 143 Å². The van der Waals surface area contributed by atoms with Gasteiger partial charge >= 0.3 is 12.0 Å². The Balaban J connectivity index is 1.49. The maximum atomic E-state index is 14.8. The van der Waals surface area contributed by atoms with E-state index in [1.807, 2.05) is 38.1 Å². The predicted molar refractivity (Wildman–Crippen MR) is 199 cm³/mol. The monoisotopic (exact) mass is 736 g/mol. The molecule has 14 heteroatoms. The van der Waals surface area contributed by atoms with E-state index in [0.29, 0.717) is 28.4 Å². The lowest BCUT2D eigenvalue weighted by atomic mass is 9.87. The third-order valence-electron chi connectivity index (χ3n) is 8.79. The number of halogens is 1. The second-order valence-electron chi connectivity index (χ2n) is 13.9. The first-order chi connectivity index (χ1) is 25.2. The van der Waals surface area contributed by atoms with Crippen molar-refractivity contribution in [1.82, 2.24) is 14.5 Å². The van der Waals surface area contributed by atoms with Crippen LogP contribution in [0.2, 0.25) is 5.02 Å². The molecule has 0 spiro atoms. The summed E-state index contributed by atoms with van der Waals surface area (Å²) in [5.74, 6) is 0.403. The molecule has 53 heavy (non-hydrogen) atoms. The fraction of sp³-hybridized carbons (Fsp3) is 0.308. The van der Waals surface area contributed by atoms with Crippen LogP contribution >= 0.6 is 11.6 Å². The third kappa shape index (κ3) is 6.85. The molecule has 6 rings (SSSR count). The number of aromatic nitrogens is 3. The molecule has 2 amide bonds. The van der Waals surface area contributed by atoms with Crippen molar-refractivity contribution in [2.24, 2.45) is 5.92 Å². The van der Waals surface area contributed by atoms with E-state index in [2.05, 4.69) is 16.0 Å². The van der Waals surface area contributed by atoms with Gasteiger partial charge in [-0.3, -0.25) is 14.5 Å². The summed E-state index contributed by atoms with van der Waals surface area (Å²) in [5.41, 5.74) is 3.64. The molecule has 1 saturated heterocycles. The lowest BCUT2D eigenvalue weighted by Crippen LogP contribution is -2.37. The number of ether oxygens (including phenoxy) is 3. The fourth-order valence-electron chi connectivity index (χ4n) is 6.40. The van der Waals surface area contributed by atoms with Gasteiger partial charge in [-0.2, -0.15) is 10.2 Å². The van der Waals surface area contributed by atoms with Crippen LogP contribution in [0.3, 0.4) is 0 Å². The number of anilines is 2. The summed E-state index contributed by atoms with van der Waals surface area (Å²) < 4.78 is 19.7. The van der Waals surface area contributed by atoms with Gasteiger partial charge < -0.3 is 18.8 Å². The van der Waals surface area contributed by atoms with Crippen LogP contribution in [0.25, 0.3) is 0 Å². The molecular weight excluding hydrogens is 698 g/mol. The number of pyridine rings is 1. The number of fused-ring (bicyclic) bond motifs is 1. The minimum atomic E-state index is -0.732. The SMILES string of the molecule is COc1ccc(Cn2cc(N3C(=O)C4=[N+](c5cnc(N(C)C(=O)OC(C)(C)C)nc5OC)C(C(C)C)=C4C3c3ccc(C#N)cc3)cc(Cl)c2=O)cc1. The zero-order valence-electron chi connectivity index (χ0n) is 30.7. The van der Waals surface area contributed by atoms with E-state index in [1.165, 1.54) is 35.9 Å². The number of carbonyl (C=O) groups excluding carboxylic acids is 2. The van der Waals surface area contributed by atoms with E-state index in [4.69, 9.17) is 25.8 Å². The predicted octanol–water partition coefficient (Wildman–Crippen LogP) is 6.40. The highest BCUT2D eigenvalue weighted by Gasteiger charge is 2.60. The summed E-state index contributed by atoms with van der Waals surface area (Å²) >= 11 is 6.60. The Labute approximate surface area is 311 Å². The number of hydrogen-bond acceptors (Lipinski definition) is 9. The number of hydrogen-bond donors (Lipinski definition) is 0. The number of methoxy groups -OCH3 is 2. The Morgan fingerprint density at radius 2 is 1.75 bits per heavy atom. The molecule has 0 radical (unpaired) electrons. The van der Waals surface area contributed by atoms with Crippen molar-refractivity contribution in [3.63, 3.8) is 0 Å². The van der Waals surface area contributed by atoms with Crippen LogP contribution in [0.5, 0.6) is 11.6 Å². The standard InChI is InChI=1S/C39H39ClN7O6/c1-22(2)31-30-32(25-13-9-23(18-41)10-14-25)46(26-17-28(40)35(48)45(21-26)20-24-11-15-27(51-7)16-12-24)36(49)33(30)47(31)29-19-42-37(43-34(29)52-8)44(6)38(50)53-39(3,4)5/h9-17,19,21-22,32H,20H2,1-8H3/q+1. The maximum Gasteiger partial charge on any atom is 0.416 e. The van der Waals surface area contributed by atoms with E-state index < -0.39 is 23.3 Å². The molecular formula is C39H39ClN7O6+. The Kier molecular flexibility index (Phi) is 9.85. The summed E-state index contributed by atoms with van der Waals surface area (Å²) in [6.45, 7) is 9.51. The van der Waals surface area contributed by atoms with Crippen LogP contribution in [0.15, 0.2) is 83.1 Å². The molecule has 1 fully saturated rings. The fourth-order valence-corrected chi connectivity index (χ4v) is 6.62. The minimum Gasteiger partial charge on any atom is -0.497 e. The highest BCUT2D eigenvalue weighted by molar-refractivity contribution is 6.52. The van der Waals surface area contributed by atoms with Crippen LogP contribution in [-0.4, -0.2) is 63.7 Å². The van der Waals surface area contributed by atoms with Gasteiger partial charge in [-0.15, -0.1) is 4.58 Å². The zero-order valence-corrected chi connectivity index (χ0v) is 31.4. The summed E-state index contributed by atoms with van der Waals surface area (Å²) in [5, 5.41) is 9.47. The largest absolute Gasteiger partial charge is 0.497 e. The molecule has 2 aliphatic heterocycles. The van der Waals surface area contributed by atoms with Crippen LogP contribution < -0.4 is 24.8 Å². The van der Waals surface area contributed by atoms with Gasteiger partial charge in [0, 0.05) is 19.2 Å². The first kappa shape index (κ1) is 36.8. The Morgan fingerprint density at radius 3 is 2.34 bits per heavy atom. The van der Waals surface area contributed by atoms with Gasteiger partial charge in [0.15, 0.2) is 0 Å². The van der Waals surface area contributed by atoms with Gasteiger partial charge in [0.2, 0.25) is 11.6 Å². The van der Waals surface area contributed by atoms with Crippen molar-refractivity contribution in [3.05, 3.63) is 110 Å². The Morgan fingerprint density at radius 1 is 1.08 bits per heavy atom. The first-order valence-corrected chi connectivity index (χ1v) is 17.2. The lowest BCUT2D eigenvalue weighted by molar-refractivity contribution is -0.407. The molecule has 0 saturated carbocycles. The number of amides is 2. The maximum absolute atomic E-state index is 14.8. The van der Waals surface area contributed by atoms with Gasteiger partial charge in [0.25, 0.3) is 22.8 Å². The van der Waals surface area contributed by atoms with Gasteiger partial charge in [-0.25, -0.2) is 14.7 Å². The lowest BCUT2D eigenvalue weighted by Gasteiger charge is -2.27. The Hall–Kier alpha value is -6.00. The minimum absolute atomic E-state index is 0.0456. The zero-order chi connectivity index (χ0) is 38.4. The number of allylic oxidation sites excluding steroid dienone is 1. The molecule has 1 atom stereocenters. The summed E-state index contributed by atoms with van der Waals surface area (Å²) in [7, 11) is 4.53. The van der Waals surface area contributed by atoms with E-state index >= 15 is 0 Å². The summed E-state index contributed by atoms with van der Waals surface area (Å²) in [4.78, 5) is 52.8. The molecule has 4 aromatic rings. The second-order valence-corrected chi connectivity index (χ2v) is 14.3. The van der Waals surface area contributed by atoms with E-state index in [9.17, 15) is 19.6 Å². The number of rotatable bonds is 9. The molecule has 0 bridgehead atoms. The van der Waals surface area contributed by atoms with Crippen molar-refractivity contribution >= 4 is 46.6 Å². The van der Waals surface area contributed by atoms with Crippen molar-refractivity contribution in [2.75, 3.05) is 31.1 Å². The molecule has 1 unspecified atom stereocenters. The number of nitriles is 1. The average molecular weight is 737 g/mol. The molecule has 2 aromatic heterocycles. The van der Waals surface area contributed by atoms with Gasteiger partial charge in [-0.05, 0) is 62.2 Å². The quantitative estimate of drug-likeness (QED) is 0.179. The van der Waals surface area contributed by atoms with Gasteiger partial charge in [-0.1, -0.05) is 49.7 Å². The average Bonchev–Trinajstić information content (AvgIpc) is 3.36. The first-order valence-electron chi connectivity index (χ1n) is 16.8. The van der Waals surface area contributed by atoms with Crippen molar-refractivity contribution in [1.29, 1.82) is 5.26 Å². The summed E-state index contributed by atoms with van der Waals surface area (Å²) in [6.07, 6.45) is 2.49. The summed E-state index contributed by atoms with van der Waals surface area (Å²) in [6, 6.07) is 17.4. The van der Waals surface area contributed by atoms with Crippen molar-refractivity contribution in [2.45, 2.75) is 52.8 Å². The van der Waals surface area contributed by atoms with E-state index in [-0.39, 0.29) is 35.2 Å². The molecule has 13 nitrogen and oxygen atoms in total. The van der Waals surface area contributed by atoms with Gasteiger partial charge in [0.05, 0.1) is 38.1 Å². The molecule has 0 N–H and O–H groups in total. The highest BCUT2D eigenvalue weighted by atomic mass is 35.5. The molecule has 2 aliphatic rings. The van der Waals surface area contributed by atoms with Crippen LogP contribution in [0.1, 0.15) is 57.4 Å².